The average Bonchev–Trinajstić information content (AvgIpc) is 2.14. The summed E-state index contributed by atoms with van der Waals surface area (Å²) in [6.45, 7) is 7.95. The standard InChI is InChI=1S/C10H22N2O2/c1-4-11-9(3)8-10(14)12(5-2)6-7-13/h9,11,13H,4-8H2,1-3H3. The Morgan fingerprint density at radius 1 is 1.50 bits per heavy atom. The molecule has 0 radical (unpaired) electrons. The summed E-state index contributed by atoms with van der Waals surface area (Å²) in [6, 6.07) is 0.209. The highest BCUT2D eigenvalue weighted by molar-refractivity contribution is 5.76. The van der Waals surface area contributed by atoms with Crippen LogP contribution in [0.1, 0.15) is 27.2 Å². The quantitative estimate of drug-likeness (QED) is 0.621. The molecule has 0 aliphatic rings. The lowest BCUT2D eigenvalue weighted by Crippen LogP contribution is -2.38. The van der Waals surface area contributed by atoms with Gasteiger partial charge >= 0.3 is 0 Å². The Morgan fingerprint density at radius 2 is 2.14 bits per heavy atom. The Kier molecular flexibility index (Phi) is 7.42. The van der Waals surface area contributed by atoms with Crippen LogP contribution in [0.2, 0.25) is 0 Å². The second kappa shape index (κ2) is 7.76. The zero-order valence-electron chi connectivity index (χ0n) is 9.42. The summed E-state index contributed by atoms with van der Waals surface area (Å²) >= 11 is 0. The molecule has 84 valence electrons. The number of hydrogen-bond donors (Lipinski definition) is 2. The van der Waals surface area contributed by atoms with Crippen molar-refractivity contribution in [1.29, 1.82) is 0 Å². The van der Waals surface area contributed by atoms with Gasteiger partial charge in [-0.2, -0.15) is 0 Å². The normalized spacial score (nSPS) is 12.6. The van der Waals surface area contributed by atoms with E-state index >= 15 is 0 Å². The second-order valence-electron chi connectivity index (χ2n) is 3.36. The van der Waals surface area contributed by atoms with E-state index in [0.717, 1.165) is 6.54 Å². The Hall–Kier alpha value is -0.610. The molecule has 0 spiro atoms. The van der Waals surface area contributed by atoms with Crippen LogP contribution in [0.4, 0.5) is 0 Å². The zero-order chi connectivity index (χ0) is 11.0. The van der Waals surface area contributed by atoms with Crippen molar-refractivity contribution in [2.24, 2.45) is 0 Å². The predicted molar refractivity (Wildman–Crippen MR) is 57.1 cm³/mol. The van der Waals surface area contributed by atoms with Crippen LogP contribution >= 0.6 is 0 Å². The number of aliphatic hydroxyl groups is 1. The number of amides is 1. The molecule has 4 heteroatoms. The molecule has 0 aliphatic heterocycles. The monoisotopic (exact) mass is 202 g/mol. The molecule has 1 unspecified atom stereocenters. The number of carbonyl (C=O) groups excluding carboxylic acids is 1. The number of nitrogens with one attached hydrogen (secondary N) is 1. The van der Waals surface area contributed by atoms with E-state index in [0.29, 0.717) is 19.5 Å². The van der Waals surface area contributed by atoms with Gasteiger partial charge in [0.15, 0.2) is 0 Å². The molecule has 14 heavy (non-hydrogen) atoms. The van der Waals surface area contributed by atoms with E-state index < -0.39 is 0 Å². The molecular formula is C10H22N2O2. The number of likely N-dealkylation sites (N-methyl/N-ethyl adjacent to an activating group) is 1. The van der Waals surface area contributed by atoms with Crippen molar-refractivity contribution < 1.29 is 9.90 Å². The molecule has 0 aromatic carbocycles. The summed E-state index contributed by atoms with van der Waals surface area (Å²) in [4.78, 5) is 13.3. The van der Waals surface area contributed by atoms with Gasteiger partial charge < -0.3 is 15.3 Å². The fraction of sp³-hybridized carbons (Fsp3) is 0.900. The largest absolute Gasteiger partial charge is 0.395 e. The number of aliphatic hydroxyl groups excluding tert-OH is 1. The van der Waals surface area contributed by atoms with E-state index in [1.807, 2.05) is 20.8 Å². The van der Waals surface area contributed by atoms with Gasteiger partial charge in [-0.25, -0.2) is 0 Å². The highest BCUT2D eigenvalue weighted by Crippen LogP contribution is 1.98. The third kappa shape index (κ3) is 5.19. The first-order valence-corrected chi connectivity index (χ1v) is 5.27. The lowest BCUT2D eigenvalue weighted by Gasteiger charge is -2.21. The lowest BCUT2D eigenvalue weighted by molar-refractivity contribution is -0.131. The highest BCUT2D eigenvalue weighted by Gasteiger charge is 2.13. The van der Waals surface area contributed by atoms with Gasteiger partial charge in [-0.1, -0.05) is 6.92 Å². The molecule has 0 aromatic rings. The third-order valence-electron chi connectivity index (χ3n) is 2.14. The van der Waals surface area contributed by atoms with Crippen molar-refractivity contribution in [3.8, 4) is 0 Å². The van der Waals surface area contributed by atoms with Crippen molar-refractivity contribution in [2.75, 3.05) is 26.2 Å². The van der Waals surface area contributed by atoms with Crippen molar-refractivity contribution in [2.45, 2.75) is 33.2 Å². The Bertz CT molecular complexity index is 162. The molecule has 0 saturated heterocycles. The maximum atomic E-state index is 11.6. The number of rotatable bonds is 7. The number of hydrogen-bond acceptors (Lipinski definition) is 3. The summed E-state index contributed by atoms with van der Waals surface area (Å²) in [6.07, 6.45) is 0.502. The van der Waals surface area contributed by atoms with Crippen molar-refractivity contribution in [1.82, 2.24) is 10.2 Å². The second-order valence-corrected chi connectivity index (χ2v) is 3.36. The smallest absolute Gasteiger partial charge is 0.224 e. The van der Waals surface area contributed by atoms with Crippen LogP contribution in [-0.2, 0) is 4.79 Å². The molecule has 0 bridgehead atoms. The number of nitrogens with zero attached hydrogens (tertiary/aromatic N) is 1. The van der Waals surface area contributed by atoms with E-state index in [4.69, 9.17) is 5.11 Å². The van der Waals surface area contributed by atoms with Crippen LogP contribution in [0.15, 0.2) is 0 Å². The molecular weight excluding hydrogens is 180 g/mol. The van der Waals surface area contributed by atoms with Crippen molar-refractivity contribution in [3.05, 3.63) is 0 Å². The van der Waals surface area contributed by atoms with Crippen LogP contribution in [0.3, 0.4) is 0 Å². The van der Waals surface area contributed by atoms with Gasteiger partial charge in [-0.15, -0.1) is 0 Å². The van der Waals surface area contributed by atoms with Gasteiger partial charge in [0, 0.05) is 25.6 Å². The minimum Gasteiger partial charge on any atom is -0.395 e. The first-order chi connectivity index (χ1) is 6.65. The Labute approximate surface area is 86.3 Å². The van der Waals surface area contributed by atoms with Crippen molar-refractivity contribution in [3.63, 3.8) is 0 Å². The van der Waals surface area contributed by atoms with E-state index in [2.05, 4.69) is 5.32 Å². The van der Waals surface area contributed by atoms with E-state index in [-0.39, 0.29) is 18.6 Å². The van der Waals surface area contributed by atoms with Crippen LogP contribution in [0.25, 0.3) is 0 Å². The van der Waals surface area contributed by atoms with E-state index in [1.54, 1.807) is 4.90 Å². The molecule has 1 atom stereocenters. The van der Waals surface area contributed by atoms with Gasteiger partial charge in [0.25, 0.3) is 0 Å². The predicted octanol–water partition coefficient (Wildman–Crippen LogP) is 0.215. The zero-order valence-corrected chi connectivity index (χ0v) is 9.42. The SMILES string of the molecule is CCNC(C)CC(=O)N(CC)CCO. The van der Waals surface area contributed by atoms with E-state index in [9.17, 15) is 4.79 Å². The summed E-state index contributed by atoms with van der Waals surface area (Å²) in [7, 11) is 0. The van der Waals surface area contributed by atoms with Gasteiger partial charge in [0.05, 0.1) is 6.61 Å². The Balaban J connectivity index is 3.90. The third-order valence-corrected chi connectivity index (χ3v) is 2.14. The summed E-state index contributed by atoms with van der Waals surface area (Å²) in [5, 5.41) is 11.9. The molecule has 1 amide bonds. The first kappa shape index (κ1) is 13.4. The fourth-order valence-corrected chi connectivity index (χ4v) is 1.39. The minimum atomic E-state index is 0.0369. The fourth-order valence-electron chi connectivity index (χ4n) is 1.39. The maximum absolute atomic E-state index is 11.6. The van der Waals surface area contributed by atoms with E-state index in [1.165, 1.54) is 0 Å². The van der Waals surface area contributed by atoms with Gasteiger partial charge in [0.2, 0.25) is 5.91 Å². The summed E-state index contributed by atoms with van der Waals surface area (Å²) in [5.74, 6) is 0.106. The average molecular weight is 202 g/mol. The molecule has 0 fully saturated rings. The van der Waals surface area contributed by atoms with Crippen molar-refractivity contribution >= 4 is 5.91 Å². The van der Waals surface area contributed by atoms with Gasteiger partial charge in [0.1, 0.15) is 0 Å². The van der Waals surface area contributed by atoms with Crippen LogP contribution < -0.4 is 5.32 Å². The molecule has 0 saturated carbocycles. The molecule has 0 aliphatic carbocycles. The van der Waals surface area contributed by atoms with Gasteiger partial charge in [-0.05, 0) is 20.4 Å². The molecule has 2 N–H and O–H groups in total. The molecule has 0 heterocycles. The molecule has 4 nitrogen and oxygen atoms in total. The maximum Gasteiger partial charge on any atom is 0.224 e. The molecule has 0 aromatic heterocycles. The summed E-state index contributed by atoms with van der Waals surface area (Å²) in [5.41, 5.74) is 0. The lowest BCUT2D eigenvalue weighted by atomic mass is 10.2. The minimum absolute atomic E-state index is 0.0369. The van der Waals surface area contributed by atoms with Crippen LogP contribution in [0, 0.1) is 0 Å². The number of carbonyl (C=O) groups is 1. The Morgan fingerprint density at radius 3 is 2.57 bits per heavy atom. The van der Waals surface area contributed by atoms with Crippen LogP contribution in [-0.4, -0.2) is 48.2 Å². The van der Waals surface area contributed by atoms with Crippen LogP contribution in [0.5, 0.6) is 0 Å². The molecule has 0 rings (SSSR count). The topological polar surface area (TPSA) is 52.6 Å². The highest BCUT2D eigenvalue weighted by atomic mass is 16.3. The van der Waals surface area contributed by atoms with Gasteiger partial charge in [-0.3, -0.25) is 4.79 Å². The first-order valence-electron chi connectivity index (χ1n) is 5.27. The summed E-state index contributed by atoms with van der Waals surface area (Å²) < 4.78 is 0.